The van der Waals surface area contributed by atoms with Gasteiger partial charge in [-0.3, -0.25) is 4.90 Å². The average Bonchev–Trinajstić information content (AvgIpc) is 2.30. The zero-order valence-electron chi connectivity index (χ0n) is 10.8. The number of hydrogen-bond donors (Lipinski definition) is 1. The number of alkyl halides is 2. The number of likely N-dealkylation sites (tertiary alicyclic amines) is 1. The molecule has 2 rings (SSSR count). The minimum absolute atomic E-state index is 0.0703. The molecule has 1 saturated heterocycles. The van der Waals surface area contributed by atoms with Crippen molar-refractivity contribution in [2.45, 2.75) is 26.1 Å². The Bertz CT molecular complexity index is 423. The van der Waals surface area contributed by atoms with Crippen molar-refractivity contribution in [3.63, 3.8) is 0 Å². The van der Waals surface area contributed by atoms with Crippen molar-refractivity contribution in [3.05, 3.63) is 23.8 Å². The van der Waals surface area contributed by atoms with Gasteiger partial charge in [0.2, 0.25) is 0 Å². The summed E-state index contributed by atoms with van der Waals surface area (Å²) in [6.07, 6.45) is 0. The topological polar surface area (TPSA) is 47.7 Å². The summed E-state index contributed by atoms with van der Waals surface area (Å²) in [5.41, 5.74) is 6.71. The number of rotatable bonds is 6. The quantitative estimate of drug-likeness (QED) is 0.858. The highest BCUT2D eigenvalue weighted by Crippen LogP contribution is 2.30. The summed E-state index contributed by atoms with van der Waals surface area (Å²) in [5.74, 6) is 0.422. The van der Waals surface area contributed by atoms with Gasteiger partial charge >= 0.3 is 6.61 Å². The molecule has 19 heavy (non-hydrogen) atoms. The summed E-state index contributed by atoms with van der Waals surface area (Å²) < 4.78 is 34.3. The number of nitrogens with zero attached hydrogens (tertiary/aromatic N) is 1. The van der Waals surface area contributed by atoms with E-state index in [4.69, 9.17) is 10.5 Å². The van der Waals surface area contributed by atoms with E-state index in [0.717, 1.165) is 25.2 Å². The fourth-order valence-electron chi connectivity index (χ4n) is 2.11. The van der Waals surface area contributed by atoms with E-state index in [-0.39, 0.29) is 11.8 Å². The molecule has 0 bridgehead atoms. The molecule has 0 amide bonds. The van der Waals surface area contributed by atoms with Crippen LogP contribution in [0.2, 0.25) is 0 Å². The van der Waals surface area contributed by atoms with Gasteiger partial charge in [0, 0.05) is 25.7 Å². The van der Waals surface area contributed by atoms with Crippen molar-refractivity contribution in [1.82, 2.24) is 4.90 Å². The first kappa shape index (κ1) is 14.0. The van der Waals surface area contributed by atoms with Crippen molar-refractivity contribution < 1.29 is 18.3 Å². The molecule has 106 valence electrons. The Kier molecular flexibility index (Phi) is 4.55. The van der Waals surface area contributed by atoms with Crippen LogP contribution >= 0.6 is 0 Å². The Hall–Kier alpha value is -1.40. The van der Waals surface area contributed by atoms with Crippen LogP contribution < -0.4 is 15.2 Å². The minimum Gasteiger partial charge on any atom is -0.490 e. The largest absolute Gasteiger partial charge is 0.490 e. The Morgan fingerprint density at radius 2 is 2.11 bits per heavy atom. The zero-order chi connectivity index (χ0) is 13.8. The molecule has 1 aromatic rings. The van der Waals surface area contributed by atoms with Crippen LogP contribution in [0.4, 0.5) is 8.78 Å². The molecule has 1 aliphatic heterocycles. The first-order valence-electron chi connectivity index (χ1n) is 6.27. The lowest BCUT2D eigenvalue weighted by Crippen LogP contribution is -2.54. The van der Waals surface area contributed by atoms with Gasteiger partial charge in [-0.2, -0.15) is 8.78 Å². The number of nitrogens with two attached hydrogens (primary N) is 1. The van der Waals surface area contributed by atoms with E-state index in [9.17, 15) is 8.78 Å². The first-order chi connectivity index (χ1) is 9.08. The van der Waals surface area contributed by atoms with Crippen molar-refractivity contribution in [1.29, 1.82) is 0 Å². The summed E-state index contributed by atoms with van der Waals surface area (Å²) in [6, 6.07) is 5.27. The first-order valence-corrected chi connectivity index (χ1v) is 6.27. The molecule has 2 N–H and O–H groups in total. The number of ether oxygens (including phenoxy) is 2. The number of halogens is 2. The minimum atomic E-state index is -2.85. The van der Waals surface area contributed by atoms with Crippen LogP contribution in [-0.2, 0) is 6.54 Å². The molecule has 0 radical (unpaired) electrons. The van der Waals surface area contributed by atoms with Gasteiger partial charge in [0.1, 0.15) is 0 Å². The van der Waals surface area contributed by atoms with Crippen LogP contribution in [0.15, 0.2) is 18.2 Å². The summed E-state index contributed by atoms with van der Waals surface area (Å²) in [5, 5.41) is 0. The molecular formula is C13H18F2N2O2. The van der Waals surface area contributed by atoms with Gasteiger partial charge in [0.15, 0.2) is 11.5 Å². The predicted octanol–water partition coefficient (Wildman–Crippen LogP) is 1.83. The maximum Gasteiger partial charge on any atom is 0.387 e. The van der Waals surface area contributed by atoms with Crippen LogP contribution in [0.1, 0.15) is 12.5 Å². The fraction of sp³-hybridized carbons (Fsp3) is 0.538. The second-order valence-electron chi connectivity index (χ2n) is 4.55. The smallest absolute Gasteiger partial charge is 0.387 e. The van der Waals surface area contributed by atoms with Gasteiger partial charge in [-0.05, 0) is 24.6 Å². The molecule has 0 spiro atoms. The summed E-state index contributed by atoms with van der Waals surface area (Å²) in [7, 11) is 0. The second-order valence-corrected chi connectivity index (χ2v) is 4.55. The van der Waals surface area contributed by atoms with Gasteiger partial charge in [0.25, 0.3) is 0 Å². The lowest BCUT2D eigenvalue weighted by atomic mass is 10.1. The Labute approximate surface area is 111 Å². The molecule has 1 heterocycles. The van der Waals surface area contributed by atoms with Crippen molar-refractivity contribution in [2.75, 3.05) is 19.7 Å². The average molecular weight is 272 g/mol. The third kappa shape index (κ3) is 3.78. The third-order valence-corrected chi connectivity index (χ3v) is 2.92. The van der Waals surface area contributed by atoms with Gasteiger partial charge in [0.05, 0.1) is 6.61 Å². The maximum atomic E-state index is 12.3. The van der Waals surface area contributed by atoms with Gasteiger partial charge in [-0.25, -0.2) is 0 Å². The Morgan fingerprint density at radius 3 is 2.68 bits per heavy atom. The standard InChI is InChI=1S/C13H18F2N2O2/c1-2-18-12-5-9(6-17-7-10(16)8-17)3-4-11(12)19-13(14)15/h3-5,10,13H,2,6-8,16H2,1H3. The molecule has 1 aromatic carbocycles. The van der Waals surface area contributed by atoms with E-state index in [1.165, 1.54) is 6.07 Å². The molecule has 0 aromatic heterocycles. The molecule has 4 nitrogen and oxygen atoms in total. The highest BCUT2D eigenvalue weighted by atomic mass is 19.3. The lowest BCUT2D eigenvalue weighted by molar-refractivity contribution is -0.0514. The van der Waals surface area contributed by atoms with E-state index in [1.807, 2.05) is 0 Å². The molecule has 0 unspecified atom stereocenters. The van der Waals surface area contributed by atoms with Crippen molar-refractivity contribution >= 4 is 0 Å². The van der Waals surface area contributed by atoms with E-state index < -0.39 is 6.61 Å². The SMILES string of the molecule is CCOc1cc(CN2CC(N)C2)ccc1OC(F)F. The third-order valence-electron chi connectivity index (χ3n) is 2.92. The Balaban J connectivity index is 2.06. The molecule has 6 heteroatoms. The summed E-state index contributed by atoms with van der Waals surface area (Å²) in [4.78, 5) is 2.18. The summed E-state index contributed by atoms with van der Waals surface area (Å²) in [6.45, 7) is 1.81. The van der Waals surface area contributed by atoms with Gasteiger partial charge in [-0.1, -0.05) is 6.07 Å². The molecule has 0 saturated carbocycles. The van der Waals surface area contributed by atoms with Gasteiger partial charge < -0.3 is 15.2 Å². The fourth-order valence-corrected chi connectivity index (χ4v) is 2.11. The van der Waals surface area contributed by atoms with Crippen molar-refractivity contribution in [2.24, 2.45) is 5.73 Å². The van der Waals surface area contributed by atoms with E-state index in [2.05, 4.69) is 9.64 Å². The summed E-state index contributed by atoms with van der Waals surface area (Å²) >= 11 is 0. The normalized spacial score (nSPS) is 16.5. The number of hydrogen-bond acceptors (Lipinski definition) is 4. The zero-order valence-corrected chi connectivity index (χ0v) is 10.8. The van der Waals surface area contributed by atoms with Crippen LogP contribution in [-0.4, -0.2) is 37.2 Å². The number of benzene rings is 1. The van der Waals surface area contributed by atoms with Gasteiger partial charge in [-0.15, -0.1) is 0 Å². The molecule has 0 aliphatic carbocycles. The molecule has 1 fully saturated rings. The molecule has 0 atom stereocenters. The van der Waals surface area contributed by atoms with E-state index >= 15 is 0 Å². The highest BCUT2D eigenvalue weighted by Gasteiger charge is 2.23. The predicted molar refractivity (Wildman–Crippen MR) is 67.5 cm³/mol. The second kappa shape index (κ2) is 6.16. The van der Waals surface area contributed by atoms with Crippen LogP contribution in [0, 0.1) is 0 Å². The van der Waals surface area contributed by atoms with E-state index in [1.54, 1.807) is 19.1 Å². The lowest BCUT2D eigenvalue weighted by Gasteiger charge is -2.36. The molecule has 1 aliphatic rings. The van der Waals surface area contributed by atoms with Crippen molar-refractivity contribution in [3.8, 4) is 11.5 Å². The Morgan fingerprint density at radius 1 is 1.37 bits per heavy atom. The highest BCUT2D eigenvalue weighted by molar-refractivity contribution is 5.43. The maximum absolute atomic E-state index is 12.3. The van der Waals surface area contributed by atoms with Crippen LogP contribution in [0.5, 0.6) is 11.5 Å². The van der Waals surface area contributed by atoms with E-state index in [0.29, 0.717) is 12.4 Å². The monoisotopic (exact) mass is 272 g/mol. The van der Waals surface area contributed by atoms with Crippen LogP contribution in [0.25, 0.3) is 0 Å². The van der Waals surface area contributed by atoms with Crippen LogP contribution in [0.3, 0.4) is 0 Å². The molecular weight excluding hydrogens is 254 g/mol.